The Morgan fingerprint density at radius 1 is 1.23 bits per heavy atom. The minimum Gasteiger partial charge on any atom is -0.365 e. The molecule has 0 aliphatic heterocycles. The van der Waals surface area contributed by atoms with Crippen molar-refractivity contribution in [3.05, 3.63) is 46.5 Å². The van der Waals surface area contributed by atoms with Crippen LogP contribution in [0.5, 0.6) is 0 Å². The molecule has 0 aromatic carbocycles. The van der Waals surface area contributed by atoms with Crippen molar-refractivity contribution in [2.75, 3.05) is 5.32 Å². The van der Waals surface area contributed by atoms with Gasteiger partial charge in [-0.1, -0.05) is 0 Å². The number of alkyl halides is 5. The molecule has 0 aliphatic rings. The lowest BCUT2D eigenvalue weighted by Crippen LogP contribution is -2.20. The van der Waals surface area contributed by atoms with E-state index >= 15 is 0 Å². The number of nitrogens with two attached hydrogens (primary N) is 1. The Morgan fingerprint density at radius 3 is 2.51 bits per heavy atom. The topological polar surface area (TPSA) is 121 Å². The lowest BCUT2D eigenvalue weighted by atomic mass is 10.0. The number of nitrogens with one attached hydrogen (secondary N) is 1. The van der Waals surface area contributed by atoms with Crippen LogP contribution in [0.2, 0.25) is 0 Å². The fourth-order valence-corrected chi connectivity index (χ4v) is 4.61. The van der Waals surface area contributed by atoms with Gasteiger partial charge in [-0.3, -0.25) is 14.3 Å². The van der Waals surface area contributed by atoms with E-state index in [2.05, 4.69) is 20.5 Å². The minimum absolute atomic E-state index is 0.00739. The van der Waals surface area contributed by atoms with Gasteiger partial charge in [-0.05, 0) is 31.5 Å². The van der Waals surface area contributed by atoms with Crippen LogP contribution in [-0.2, 0) is 12.7 Å². The summed E-state index contributed by atoms with van der Waals surface area (Å²) in [6.07, 6.45) is -2.48. The van der Waals surface area contributed by atoms with Crippen LogP contribution >= 0.6 is 11.3 Å². The average molecular weight is 513 g/mol. The number of rotatable bonds is 6. The van der Waals surface area contributed by atoms with Gasteiger partial charge in [-0.15, -0.1) is 11.3 Å². The Labute approximate surface area is 197 Å². The van der Waals surface area contributed by atoms with E-state index in [4.69, 9.17) is 5.73 Å². The molecule has 4 aromatic rings. The molecule has 0 saturated heterocycles. The second-order valence-electron chi connectivity index (χ2n) is 7.26. The van der Waals surface area contributed by atoms with Crippen LogP contribution in [0.4, 0.5) is 27.6 Å². The Hall–Kier alpha value is -3.88. The summed E-state index contributed by atoms with van der Waals surface area (Å²) in [4.78, 5) is 28.1. The van der Waals surface area contributed by atoms with Gasteiger partial charge in [-0.25, -0.2) is 4.98 Å². The number of anilines is 1. The molecule has 2 amide bonds. The Morgan fingerprint density at radius 2 is 1.94 bits per heavy atom. The van der Waals surface area contributed by atoms with E-state index in [1.165, 1.54) is 6.20 Å². The van der Waals surface area contributed by atoms with Crippen molar-refractivity contribution in [2.24, 2.45) is 5.73 Å². The number of amides is 2. The third-order valence-corrected chi connectivity index (χ3v) is 6.29. The standard InChI is InChI=1S/C20H16F5N7O2S/c1-3-31-8(2)10(7-28-31)9-6-12(20(23,24)25)29-18-13(9)14(15(35-18)16(26)33)30-17(34)11-4-5-27-32(11)19(21)22/h4-7,19H,3H2,1-2H3,(H2,26,33)(H,30,34). The number of thiophene rings is 1. The third-order valence-electron chi connectivity index (χ3n) is 5.20. The van der Waals surface area contributed by atoms with Crippen LogP contribution in [0.3, 0.4) is 0 Å². The maximum Gasteiger partial charge on any atom is 0.433 e. The summed E-state index contributed by atoms with van der Waals surface area (Å²) >= 11 is 0.541. The van der Waals surface area contributed by atoms with Crippen molar-refractivity contribution in [3.63, 3.8) is 0 Å². The molecule has 0 aliphatic carbocycles. The highest BCUT2D eigenvalue weighted by molar-refractivity contribution is 7.21. The fourth-order valence-electron chi connectivity index (χ4n) is 3.61. The highest BCUT2D eigenvalue weighted by Crippen LogP contribution is 2.44. The van der Waals surface area contributed by atoms with Gasteiger partial charge in [0.2, 0.25) is 0 Å². The van der Waals surface area contributed by atoms with Gasteiger partial charge in [0.25, 0.3) is 11.8 Å². The number of carbonyl (C=O) groups excluding carboxylic acids is 2. The van der Waals surface area contributed by atoms with Crippen LogP contribution in [0, 0.1) is 6.92 Å². The van der Waals surface area contributed by atoms with E-state index in [1.807, 2.05) is 0 Å². The normalized spacial score (nSPS) is 12.0. The number of aromatic nitrogens is 5. The van der Waals surface area contributed by atoms with Crippen molar-refractivity contribution in [1.29, 1.82) is 0 Å². The number of hydrogen-bond acceptors (Lipinski definition) is 6. The van der Waals surface area contributed by atoms with E-state index in [0.717, 1.165) is 18.3 Å². The zero-order valence-electron chi connectivity index (χ0n) is 18.0. The summed E-state index contributed by atoms with van der Waals surface area (Å²) < 4.78 is 69.1. The van der Waals surface area contributed by atoms with Crippen molar-refractivity contribution < 1.29 is 31.5 Å². The lowest BCUT2D eigenvalue weighted by Gasteiger charge is -2.13. The number of aryl methyl sites for hydroxylation is 1. The molecule has 4 heterocycles. The average Bonchev–Trinajstić information content (AvgIpc) is 3.49. The van der Waals surface area contributed by atoms with Gasteiger partial charge < -0.3 is 11.1 Å². The first kappa shape index (κ1) is 24.3. The SMILES string of the molecule is CCn1ncc(-c2cc(C(F)(F)F)nc3sc(C(N)=O)c(NC(=O)c4ccnn4C(F)F)c23)c1C. The molecule has 15 heteroatoms. The summed E-state index contributed by atoms with van der Waals surface area (Å²) in [6.45, 7) is 0.742. The molecular formula is C20H16F5N7O2S. The van der Waals surface area contributed by atoms with Crippen molar-refractivity contribution >= 4 is 39.1 Å². The number of fused-ring (bicyclic) bond motifs is 1. The number of primary amides is 1. The molecule has 35 heavy (non-hydrogen) atoms. The zero-order chi connectivity index (χ0) is 25.7. The fraction of sp³-hybridized carbons (Fsp3) is 0.250. The number of carbonyl (C=O) groups is 2. The Kier molecular flexibility index (Phi) is 6.04. The lowest BCUT2D eigenvalue weighted by molar-refractivity contribution is -0.140. The number of nitrogens with zero attached hydrogens (tertiary/aromatic N) is 5. The molecule has 0 bridgehead atoms. The second-order valence-corrected chi connectivity index (χ2v) is 8.25. The Balaban J connectivity index is 2.00. The summed E-state index contributed by atoms with van der Waals surface area (Å²) in [7, 11) is 0. The molecule has 184 valence electrons. The molecule has 4 rings (SSSR count). The van der Waals surface area contributed by atoms with Gasteiger partial charge >= 0.3 is 12.7 Å². The van der Waals surface area contributed by atoms with Crippen molar-refractivity contribution in [2.45, 2.75) is 33.1 Å². The highest BCUT2D eigenvalue weighted by atomic mass is 32.1. The first-order valence-electron chi connectivity index (χ1n) is 9.94. The summed E-state index contributed by atoms with van der Waals surface area (Å²) in [5.74, 6) is -2.12. The van der Waals surface area contributed by atoms with Gasteiger partial charge in [0.05, 0.1) is 11.9 Å². The molecule has 0 spiro atoms. The van der Waals surface area contributed by atoms with Crippen LogP contribution in [0.1, 0.15) is 45.0 Å². The monoisotopic (exact) mass is 513 g/mol. The van der Waals surface area contributed by atoms with E-state index < -0.39 is 35.9 Å². The van der Waals surface area contributed by atoms with E-state index in [-0.39, 0.29) is 31.0 Å². The predicted octanol–water partition coefficient (Wildman–Crippen LogP) is 4.45. The summed E-state index contributed by atoms with van der Waals surface area (Å²) in [6, 6.07) is 1.80. The quantitative estimate of drug-likeness (QED) is 0.369. The van der Waals surface area contributed by atoms with Crippen LogP contribution in [0.25, 0.3) is 21.3 Å². The molecular weight excluding hydrogens is 497 g/mol. The second kappa shape index (κ2) is 8.72. The summed E-state index contributed by atoms with van der Waals surface area (Å²) in [5, 5.41) is 9.88. The minimum atomic E-state index is -4.82. The number of pyridine rings is 1. The summed E-state index contributed by atoms with van der Waals surface area (Å²) in [5.41, 5.74) is 4.23. The first-order valence-corrected chi connectivity index (χ1v) is 10.8. The smallest absolute Gasteiger partial charge is 0.365 e. The molecule has 0 radical (unpaired) electrons. The van der Waals surface area contributed by atoms with E-state index in [1.54, 1.807) is 18.5 Å². The van der Waals surface area contributed by atoms with Crippen LogP contribution in [0.15, 0.2) is 24.5 Å². The molecule has 0 fully saturated rings. The van der Waals surface area contributed by atoms with Crippen molar-refractivity contribution in [1.82, 2.24) is 24.5 Å². The van der Waals surface area contributed by atoms with Crippen LogP contribution < -0.4 is 11.1 Å². The van der Waals surface area contributed by atoms with Crippen molar-refractivity contribution in [3.8, 4) is 11.1 Å². The van der Waals surface area contributed by atoms with Gasteiger partial charge in [0.15, 0.2) is 0 Å². The largest absolute Gasteiger partial charge is 0.433 e. The predicted molar refractivity (Wildman–Crippen MR) is 116 cm³/mol. The van der Waals surface area contributed by atoms with Gasteiger partial charge in [0.1, 0.15) is 21.1 Å². The Bertz CT molecular complexity index is 1450. The number of hydrogen-bond donors (Lipinski definition) is 2. The van der Waals surface area contributed by atoms with Crippen LogP contribution in [-0.4, -0.2) is 36.4 Å². The molecule has 3 N–H and O–H groups in total. The highest BCUT2D eigenvalue weighted by Gasteiger charge is 2.35. The maximum absolute atomic E-state index is 13.6. The molecule has 9 nitrogen and oxygen atoms in total. The molecule has 0 saturated carbocycles. The molecule has 0 atom stereocenters. The first-order chi connectivity index (χ1) is 16.4. The number of halogens is 5. The van der Waals surface area contributed by atoms with E-state index in [0.29, 0.717) is 29.1 Å². The molecule has 0 unspecified atom stereocenters. The molecule has 4 aromatic heterocycles. The maximum atomic E-state index is 13.6. The zero-order valence-corrected chi connectivity index (χ0v) is 18.8. The van der Waals surface area contributed by atoms with E-state index in [9.17, 15) is 31.5 Å². The third kappa shape index (κ3) is 4.22. The van der Waals surface area contributed by atoms with Gasteiger partial charge in [-0.2, -0.15) is 36.8 Å². The van der Waals surface area contributed by atoms with Gasteiger partial charge in [0, 0.05) is 29.4 Å².